The number of ether oxygens (including phenoxy) is 2. The molecule has 11 aromatic rings. The molecule has 0 bridgehead atoms. The van der Waals surface area contributed by atoms with E-state index in [4.69, 9.17) is 0 Å². The zero-order valence-corrected chi connectivity index (χ0v) is 79.0. The second-order valence-corrected chi connectivity index (χ2v) is 37.8. The van der Waals surface area contributed by atoms with Gasteiger partial charge >= 0.3 is 5.97 Å². The van der Waals surface area contributed by atoms with Gasteiger partial charge in [-0.15, -0.1) is 0 Å². The third kappa shape index (κ3) is 34.0. The minimum absolute atomic E-state index is 0.245. The molecule has 9 aliphatic carbocycles. The Morgan fingerprint density at radius 1 is 0.264 bits per heavy atom. The van der Waals surface area contributed by atoms with Gasteiger partial charge in [-0.05, 0) is 215 Å². The van der Waals surface area contributed by atoms with Gasteiger partial charge in [0.1, 0.15) is 0 Å². The average molecular weight is 1680 g/mol. The van der Waals surface area contributed by atoms with E-state index in [1.807, 2.05) is 74.8 Å². The first-order valence-electron chi connectivity index (χ1n) is 49.3. The minimum Gasteiger partial charge on any atom is -0.469 e. The summed E-state index contributed by atoms with van der Waals surface area (Å²) in [5, 5.41) is 5.37. The highest BCUT2D eigenvalue weighted by atomic mass is 16.5. The van der Waals surface area contributed by atoms with Crippen molar-refractivity contribution < 1.29 is 14.3 Å². The second-order valence-electron chi connectivity index (χ2n) is 37.8. The average Bonchev–Trinajstić information content (AvgIpc) is 1.69. The number of benzene rings is 11. The van der Waals surface area contributed by atoms with Crippen molar-refractivity contribution in [2.45, 2.75) is 277 Å². The maximum atomic E-state index is 9.59. The van der Waals surface area contributed by atoms with Gasteiger partial charge in [0.05, 0.1) is 7.11 Å². The zero-order valence-electron chi connectivity index (χ0n) is 79.0. The lowest BCUT2D eigenvalue weighted by atomic mass is 9.40. The summed E-state index contributed by atoms with van der Waals surface area (Å²) in [5.74, 6) is 6.87. The van der Waals surface area contributed by atoms with E-state index < -0.39 is 0 Å². The number of fused-ring (bicyclic) bond motifs is 6. The van der Waals surface area contributed by atoms with Gasteiger partial charge in [0.25, 0.3) is 0 Å². The number of methoxy groups -OCH3 is 2. The maximum absolute atomic E-state index is 9.59. The molecule has 20 rings (SSSR count). The molecule has 0 amide bonds. The van der Waals surface area contributed by atoms with Crippen molar-refractivity contribution in [1.82, 2.24) is 5.32 Å². The van der Waals surface area contributed by atoms with Gasteiger partial charge < -0.3 is 14.8 Å². The first kappa shape index (κ1) is 99.8. The molecule has 9 aliphatic rings. The predicted molar refractivity (Wildman–Crippen MR) is 542 cm³/mol. The van der Waals surface area contributed by atoms with Crippen molar-refractivity contribution in [3.8, 4) is 44.5 Å². The SMILES string of the molecule is C1CCC(C2CCCCC2)CC1.C1CCCCC1.CNC.COC.COC(C)=O.C[C@@]12CCCC1[C@]1(C)CCC3CCCC[C@]3(C)C1CC2.c1ccc(-c2ccc(-c3ccccc3)cc2)cc1.c1ccc(-c2ccc(C3CCCCC3)cc2)cc1.c1ccc(-c2ccccc2)cc1.c1ccc(C2CCCCC2)cc1.c1ccc2ccccc2c1.c1ccccc1. The molecule has 9 saturated carbocycles. The lowest BCUT2D eigenvalue weighted by Gasteiger charge is -2.65. The lowest BCUT2D eigenvalue weighted by molar-refractivity contribution is -0.157. The fourth-order valence-corrected chi connectivity index (χ4v) is 22.3. The van der Waals surface area contributed by atoms with E-state index in [1.54, 1.807) is 90.4 Å². The van der Waals surface area contributed by atoms with Gasteiger partial charge in [0.15, 0.2) is 0 Å². The van der Waals surface area contributed by atoms with Crippen LogP contribution >= 0.6 is 0 Å². The largest absolute Gasteiger partial charge is 0.469 e. The van der Waals surface area contributed by atoms with Crippen molar-refractivity contribution in [3.63, 3.8) is 0 Å². The number of rotatable bonds is 7. The monoisotopic (exact) mass is 1680 g/mol. The Labute approximate surface area is 760 Å². The number of carbonyl (C=O) groups is 1. The molecule has 668 valence electrons. The molecule has 4 heteroatoms. The van der Waals surface area contributed by atoms with Gasteiger partial charge in [-0.1, -0.05) is 497 Å². The van der Waals surface area contributed by atoms with E-state index in [9.17, 15) is 4.79 Å². The van der Waals surface area contributed by atoms with E-state index >= 15 is 0 Å². The van der Waals surface area contributed by atoms with Crippen LogP contribution in [0.3, 0.4) is 0 Å². The summed E-state index contributed by atoms with van der Waals surface area (Å²) in [6.07, 6.45) is 55.4. The van der Waals surface area contributed by atoms with Crippen LogP contribution in [0.1, 0.15) is 288 Å². The highest BCUT2D eigenvalue weighted by Crippen LogP contribution is 2.71. The molecule has 0 saturated heterocycles. The Morgan fingerprint density at radius 3 is 0.856 bits per heavy atom. The molecule has 0 aromatic heterocycles. The molecule has 0 aliphatic heterocycles. The Kier molecular flexibility index (Phi) is 46.1. The van der Waals surface area contributed by atoms with Gasteiger partial charge in [-0.25, -0.2) is 0 Å². The number of hydrogen-bond acceptors (Lipinski definition) is 4. The molecule has 6 atom stereocenters. The van der Waals surface area contributed by atoms with Crippen molar-refractivity contribution in [1.29, 1.82) is 0 Å². The van der Waals surface area contributed by atoms with E-state index in [-0.39, 0.29) is 5.97 Å². The van der Waals surface area contributed by atoms with Gasteiger partial charge in [-0.3, -0.25) is 4.79 Å². The molecule has 11 aromatic carbocycles. The molecule has 1 N–H and O–H groups in total. The first-order valence-corrected chi connectivity index (χ1v) is 49.3. The summed E-state index contributed by atoms with van der Waals surface area (Å²) in [7, 11) is 8.35. The molecule has 3 unspecified atom stereocenters. The Hall–Kier alpha value is -8.93. The van der Waals surface area contributed by atoms with E-state index in [0.717, 1.165) is 41.4 Å². The number of hydrogen-bond donors (Lipinski definition) is 1. The minimum atomic E-state index is -0.245. The quantitative estimate of drug-likeness (QED) is 0.162. The summed E-state index contributed by atoms with van der Waals surface area (Å²) >= 11 is 0. The summed E-state index contributed by atoms with van der Waals surface area (Å²) in [6.45, 7) is 9.43. The first-order chi connectivity index (χ1) is 61.3. The standard InChI is InChI=1S/C20H34.C18H20.C18H14.C12H22.C12H16.C12H10.C10H8.C6H12.C6H6.C3H6O2.C2H7N.C2H6O/c1-18-11-6-8-16(18)20(3)14-9-15-7-4-5-12-19(15,2)17(20)10-13-18;2*1-3-7-15(8-4-1)17-11-13-18(14-12-17)16-9-5-2-6-10-16;3*1-3-7-11(8-4-1)12-9-5-2-6-10-12;1-2-6-10-8-4-3-7-9(10)5-1;2*1-2-4-6-5-3-1;1-3(4)5-2;2*1-3-2/h15-17H,4-14H2,1-3H3;1,3-4,7-8,11-14,16H,2,5-6,9-10H2;1-14H;11-12H,1-10H2;1,3-4,7-8,12H,2,5-6,9-10H2;1-10H;1-8H;1-6H2;1-6H;1-2H3;3H,1-2H3;1-2H3/t15?,16?,17?,18-,19-,20-;;;;;;;;;;;/m0.........../s1. The van der Waals surface area contributed by atoms with Crippen LogP contribution in [0.4, 0.5) is 0 Å². The molecule has 4 nitrogen and oxygen atoms in total. The van der Waals surface area contributed by atoms with Crippen LogP contribution in [-0.2, 0) is 14.3 Å². The highest BCUT2D eigenvalue weighted by Gasteiger charge is 2.62. The number of carbonyl (C=O) groups excluding carboxylic acids is 1. The Morgan fingerprint density at radius 2 is 0.528 bits per heavy atom. The smallest absolute Gasteiger partial charge is 0.302 e. The second kappa shape index (κ2) is 57.7. The molecule has 9 fully saturated rings. The van der Waals surface area contributed by atoms with Crippen LogP contribution in [0.2, 0.25) is 0 Å². The summed E-state index contributed by atoms with van der Waals surface area (Å²) < 4.78 is 8.36. The van der Waals surface area contributed by atoms with Crippen LogP contribution in [0.5, 0.6) is 0 Å². The van der Waals surface area contributed by atoms with Crippen molar-refractivity contribution in [2.24, 2.45) is 45.8 Å². The van der Waals surface area contributed by atoms with E-state index in [0.29, 0.717) is 16.2 Å². The predicted octanol–water partition coefficient (Wildman–Crippen LogP) is 35.0. The van der Waals surface area contributed by atoms with Gasteiger partial charge in [-0.2, -0.15) is 0 Å². The van der Waals surface area contributed by atoms with Crippen LogP contribution in [-0.4, -0.2) is 41.4 Å². The third-order valence-corrected chi connectivity index (χ3v) is 29.0. The van der Waals surface area contributed by atoms with Crippen LogP contribution < -0.4 is 5.32 Å². The zero-order chi connectivity index (χ0) is 88.1. The third-order valence-electron chi connectivity index (χ3n) is 29.0. The van der Waals surface area contributed by atoms with Crippen LogP contribution in [0, 0.1) is 45.8 Å². The topological polar surface area (TPSA) is 47.6 Å². The van der Waals surface area contributed by atoms with E-state index in [1.165, 1.54) is 242 Å². The normalized spacial score (nSPS) is 21.7. The molecule has 125 heavy (non-hydrogen) atoms. The summed E-state index contributed by atoms with van der Waals surface area (Å²) in [5.41, 5.74) is 15.4. The van der Waals surface area contributed by atoms with Crippen molar-refractivity contribution in [2.75, 3.05) is 35.4 Å². The van der Waals surface area contributed by atoms with Crippen molar-refractivity contribution in [3.05, 3.63) is 327 Å². The molecular formula is C121H161NO3. The molecule has 0 radical (unpaired) electrons. The fourth-order valence-electron chi connectivity index (χ4n) is 22.3. The van der Waals surface area contributed by atoms with Gasteiger partial charge in [0.2, 0.25) is 0 Å². The van der Waals surface area contributed by atoms with Crippen LogP contribution in [0.25, 0.3) is 55.3 Å². The highest BCUT2D eigenvalue weighted by molar-refractivity contribution is 5.82. The summed E-state index contributed by atoms with van der Waals surface area (Å²) in [4.78, 5) is 9.59. The van der Waals surface area contributed by atoms with Crippen LogP contribution in [0.15, 0.2) is 315 Å². The lowest BCUT2D eigenvalue weighted by Crippen LogP contribution is -2.57. The molecular weight excluding hydrogens is 1520 g/mol. The Balaban J connectivity index is 0.000000160. The number of nitrogens with one attached hydrogen (secondary N) is 1. The van der Waals surface area contributed by atoms with Gasteiger partial charge in [0, 0.05) is 21.1 Å². The van der Waals surface area contributed by atoms with Crippen molar-refractivity contribution >= 4 is 16.7 Å². The maximum Gasteiger partial charge on any atom is 0.302 e. The Bertz CT molecular complexity index is 4270. The van der Waals surface area contributed by atoms with E-state index in [2.05, 4.69) is 290 Å². The summed E-state index contributed by atoms with van der Waals surface area (Å²) in [6, 6.07) is 110. The molecule has 0 heterocycles. The fraction of sp³-hybridized carbons (Fsp3) is 0.463. The molecule has 0 spiro atoms. The number of esters is 1.